The van der Waals surface area contributed by atoms with Crippen LogP contribution in [0.3, 0.4) is 0 Å². The van der Waals surface area contributed by atoms with Crippen molar-refractivity contribution in [3.05, 3.63) is 84.7 Å². The number of anilines is 3. The van der Waals surface area contributed by atoms with Crippen LogP contribution in [0.2, 0.25) is 0 Å². The lowest BCUT2D eigenvalue weighted by atomic mass is 10.2. The number of carbonyl (C=O) groups excluding carboxylic acids is 1. The summed E-state index contributed by atoms with van der Waals surface area (Å²) in [6, 6.07) is 21.5. The fraction of sp³-hybridized carbons (Fsp3) is 0.100. The molecule has 0 unspecified atom stereocenters. The van der Waals surface area contributed by atoms with Crippen LogP contribution in [0, 0.1) is 6.92 Å². The molecule has 0 atom stereocenters. The molecule has 4 heteroatoms. The normalized spacial score (nSPS) is 10.2. The molecule has 0 fully saturated rings. The average Bonchev–Trinajstić information content (AvgIpc) is 2.60. The summed E-state index contributed by atoms with van der Waals surface area (Å²) < 4.78 is 1.86. The minimum atomic E-state index is -0.0637. The predicted molar refractivity (Wildman–Crippen MR) is 96.2 cm³/mol. The molecule has 0 saturated heterocycles. The molecule has 0 radical (unpaired) electrons. The summed E-state index contributed by atoms with van der Waals surface area (Å²) in [6.07, 6.45) is 3.81. The first-order chi connectivity index (χ1) is 11.7. The van der Waals surface area contributed by atoms with Gasteiger partial charge < -0.3 is 10.6 Å². The third-order valence-electron chi connectivity index (χ3n) is 3.64. The van der Waals surface area contributed by atoms with Gasteiger partial charge in [0.15, 0.2) is 12.4 Å². The van der Waals surface area contributed by atoms with Crippen molar-refractivity contribution >= 4 is 23.0 Å². The molecule has 24 heavy (non-hydrogen) atoms. The average molecular weight is 318 g/mol. The van der Waals surface area contributed by atoms with Gasteiger partial charge in [0.1, 0.15) is 0 Å². The lowest BCUT2D eigenvalue weighted by Crippen LogP contribution is -2.39. The van der Waals surface area contributed by atoms with Gasteiger partial charge in [-0.15, -0.1) is 0 Å². The van der Waals surface area contributed by atoms with Crippen molar-refractivity contribution in [1.82, 2.24) is 0 Å². The van der Waals surface area contributed by atoms with E-state index < -0.39 is 0 Å². The third kappa shape index (κ3) is 4.20. The number of aromatic nitrogens is 1. The van der Waals surface area contributed by atoms with Gasteiger partial charge in [0, 0.05) is 17.8 Å². The largest absolute Gasteiger partial charge is 0.354 e. The fourth-order valence-electron chi connectivity index (χ4n) is 2.37. The van der Waals surface area contributed by atoms with E-state index in [0.29, 0.717) is 0 Å². The highest BCUT2D eigenvalue weighted by Gasteiger charge is 2.11. The number of hydrogen-bond donors (Lipinski definition) is 2. The Morgan fingerprint density at radius 3 is 2.21 bits per heavy atom. The van der Waals surface area contributed by atoms with Gasteiger partial charge in [-0.25, -0.2) is 0 Å². The number of aryl methyl sites for hydroxylation is 1. The maximum absolute atomic E-state index is 12.3. The number of hydrogen-bond acceptors (Lipinski definition) is 2. The molecule has 1 aromatic heterocycles. The second-order valence-corrected chi connectivity index (χ2v) is 5.63. The molecular formula is C20H20N3O+. The number of benzene rings is 2. The summed E-state index contributed by atoms with van der Waals surface area (Å²) in [4.78, 5) is 12.3. The zero-order chi connectivity index (χ0) is 16.8. The highest BCUT2D eigenvalue weighted by molar-refractivity contribution is 5.94. The number of rotatable bonds is 5. The van der Waals surface area contributed by atoms with E-state index in [1.807, 2.05) is 90.6 Å². The van der Waals surface area contributed by atoms with Crippen molar-refractivity contribution in [2.45, 2.75) is 13.5 Å². The molecule has 1 amide bonds. The standard InChI is InChI=1S/C20H19N3O/c1-16-11-13-23(14-12-16)15-20(24)22-19-10-6-5-9-18(19)21-17-7-3-2-4-8-17/h2-14,21H,15H2,1H3/p+1. The van der Waals surface area contributed by atoms with Crippen LogP contribution in [-0.4, -0.2) is 5.91 Å². The topological polar surface area (TPSA) is 45.0 Å². The Balaban J connectivity index is 1.70. The Morgan fingerprint density at radius 1 is 0.875 bits per heavy atom. The van der Waals surface area contributed by atoms with E-state index in [4.69, 9.17) is 0 Å². The number of carbonyl (C=O) groups is 1. The van der Waals surface area contributed by atoms with Gasteiger partial charge in [0.2, 0.25) is 6.54 Å². The SMILES string of the molecule is Cc1cc[n+](CC(=O)Nc2ccccc2Nc2ccccc2)cc1. The molecule has 0 aliphatic heterocycles. The predicted octanol–water partition coefficient (Wildman–Crippen LogP) is 3.66. The monoisotopic (exact) mass is 318 g/mol. The van der Waals surface area contributed by atoms with E-state index in [1.165, 1.54) is 5.56 Å². The number of para-hydroxylation sites is 3. The molecule has 3 aromatic rings. The minimum Gasteiger partial charge on any atom is -0.354 e. The number of pyridine rings is 1. The Hall–Kier alpha value is -3.14. The van der Waals surface area contributed by atoms with E-state index in [-0.39, 0.29) is 12.5 Å². The molecule has 2 aromatic carbocycles. The van der Waals surface area contributed by atoms with Gasteiger partial charge in [-0.3, -0.25) is 4.79 Å². The third-order valence-corrected chi connectivity index (χ3v) is 3.64. The van der Waals surface area contributed by atoms with E-state index >= 15 is 0 Å². The van der Waals surface area contributed by atoms with E-state index in [9.17, 15) is 4.79 Å². The zero-order valence-electron chi connectivity index (χ0n) is 13.6. The second-order valence-electron chi connectivity index (χ2n) is 5.63. The van der Waals surface area contributed by atoms with Crippen LogP contribution >= 0.6 is 0 Å². The first kappa shape index (κ1) is 15.7. The molecule has 120 valence electrons. The van der Waals surface area contributed by atoms with E-state index in [1.54, 1.807) is 0 Å². The molecular weight excluding hydrogens is 298 g/mol. The summed E-state index contributed by atoms with van der Waals surface area (Å²) in [5.74, 6) is -0.0637. The fourth-order valence-corrected chi connectivity index (χ4v) is 2.37. The van der Waals surface area contributed by atoms with Crippen molar-refractivity contribution < 1.29 is 9.36 Å². The van der Waals surface area contributed by atoms with Gasteiger partial charge in [-0.1, -0.05) is 30.3 Å². The lowest BCUT2D eigenvalue weighted by molar-refractivity contribution is -0.684. The lowest BCUT2D eigenvalue weighted by Gasteiger charge is -2.12. The zero-order valence-corrected chi connectivity index (χ0v) is 13.6. The van der Waals surface area contributed by atoms with Crippen molar-refractivity contribution in [2.75, 3.05) is 10.6 Å². The first-order valence-electron chi connectivity index (χ1n) is 7.87. The summed E-state index contributed by atoms with van der Waals surface area (Å²) in [5.41, 5.74) is 3.78. The molecule has 3 rings (SSSR count). The van der Waals surface area contributed by atoms with Crippen molar-refractivity contribution in [3.8, 4) is 0 Å². The Kier molecular flexibility index (Phi) is 4.87. The molecule has 0 spiro atoms. The molecule has 0 bridgehead atoms. The Labute approximate surface area is 141 Å². The van der Waals surface area contributed by atoms with E-state index in [2.05, 4.69) is 10.6 Å². The summed E-state index contributed by atoms with van der Waals surface area (Å²) in [6.45, 7) is 2.30. The molecule has 2 N–H and O–H groups in total. The van der Waals surface area contributed by atoms with Crippen molar-refractivity contribution in [2.24, 2.45) is 0 Å². The van der Waals surface area contributed by atoms with Crippen LogP contribution in [0.15, 0.2) is 79.1 Å². The van der Waals surface area contributed by atoms with Crippen LogP contribution in [0.5, 0.6) is 0 Å². The molecule has 0 aliphatic carbocycles. The minimum absolute atomic E-state index is 0.0637. The number of nitrogens with zero attached hydrogens (tertiary/aromatic N) is 1. The van der Waals surface area contributed by atoms with Crippen LogP contribution < -0.4 is 15.2 Å². The Bertz CT molecular complexity index is 814. The highest BCUT2D eigenvalue weighted by Crippen LogP contribution is 2.24. The van der Waals surface area contributed by atoms with Crippen LogP contribution in [-0.2, 0) is 11.3 Å². The quantitative estimate of drug-likeness (QED) is 0.705. The molecule has 0 aliphatic rings. The second kappa shape index (κ2) is 7.42. The smallest absolute Gasteiger partial charge is 0.290 e. The maximum atomic E-state index is 12.3. The Morgan fingerprint density at radius 2 is 1.50 bits per heavy atom. The van der Waals surface area contributed by atoms with E-state index in [0.717, 1.165) is 17.1 Å². The number of nitrogens with one attached hydrogen (secondary N) is 2. The number of amides is 1. The van der Waals surface area contributed by atoms with Crippen LogP contribution in [0.25, 0.3) is 0 Å². The van der Waals surface area contributed by atoms with Gasteiger partial charge in [-0.05, 0) is 36.8 Å². The van der Waals surface area contributed by atoms with Crippen LogP contribution in [0.1, 0.15) is 5.56 Å². The van der Waals surface area contributed by atoms with Gasteiger partial charge >= 0.3 is 0 Å². The summed E-state index contributed by atoms with van der Waals surface area (Å²) in [5, 5.41) is 6.30. The molecule has 1 heterocycles. The summed E-state index contributed by atoms with van der Waals surface area (Å²) >= 11 is 0. The van der Waals surface area contributed by atoms with Gasteiger partial charge in [-0.2, -0.15) is 4.57 Å². The highest BCUT2D eigenvalue weighted by atomic mass is 16.1. The molecule has 0 saturated carbocycles. The summed E-state index contributed by atoms with van der Waals surface area (Å²) in [7, 11) is 0. The van der Waals surface area contributed by atoms with Crippen LogP contribution in [0.4, 0.5) is 17.1 Å². The van der Waals surface area contributed by atoms with Crippen molar-refractivity contribution in [1.29, 1.82) is 0 Å². The molecule has 4 nitrogen and oxygen atoms in total. The maximum Gasteiger partial charge on any atom is 0.290 e. The van der Waals surface area contributed by atoms with Gasteiger partial charge in [0.05, 0.1) is 11.4 Å². The van der Waals surface area contributed by atoms with Crippen molar-refractivity contribution in [3.63, 3.8) is 0 Å². The first-order valence-corrected chi connectivity index (χ1v) is 7.87. The van der Waals surface area contributed by atoms with Gasteiger partial charge in [0.25, 0.3) is 5.91 Å².